The van der Waals surface area contributed by atoms with E-state index in [0.717, 1.165) is 34.5 Å². The van der Waals surface area contributed by atoms with Crippen molar-refractivity contribution in [2.45, 2.75) is 19.5 Å². The largest absolute Gasteiger partial charge is 0.496 e. The van der Waals surface area contributed by atoms with Gasteiger partial charge in [0.25, 0.3) is 0 Å². The van der Waals surface area contributed by atoms with Crippen LogP contribution in [0.3, 0.4) is 0 Å². The second-order valence-corrected chi connectivity index (χ2v) is 7.04. The Labute approximate surface area is 163 Å². The minimum atomic E-state index is 0.286. The average molecular weight is 375 g/mol. The van der Waals surface area contributed by atoms with Gasteiger partial charge in [0.15, 0.2) is 0 Å². The van der Waals surface area contributed by atoms with Crippen LogP contribution in [-0.2, 0) is 6.54 Å². The van der Waals surface area contributed by atoms with Gasteiger partial charge in [-0.05, 0) is 47.9 Å². The lowest BCUT2D eigenvalue weighted by molar-refractivity contribution is 0.416. The number of ether oxygens (including phenoxy) is 1. The van der Waals surface area contributed by atoms with Crippen LogP contribution in [0.4, 0.5) is 0 Å². The summed E-state index contributed by atoms with van der Waals surface area (Å²) in [6.07, 6.45) is 0. The molecule has 0 saturated carbocycles. The van der Waals surface area contributed by atoms with Crippen molar-refractivity contribution in [3.8, 4) is 16.9 Å². The van der Waals surface area contributed by atoms with Crippen LogP contribution >= 0.6 is 11.7 Å². The van der Waals surface area contributed by atoms with Gasteiger partial charge in [0.2, 0.25) is 0 Å². The van der Waals surface area contributed by atoms with Crippen molar-refractivity contribution >= 4 is 22.8 Å². The molecule has 0 spiro atoms. The monoisotopic (exact) mass is 375 g/mol. The molecule has 0 saturated heterocycles. The molecule has 27 heavy (non-hydrogen) atoms. The molecule has 0 radical (unpaired) electrons. The van der Waals surface area contributed by atoms with Crippen LogP contribution in [0, 0.1) is 0 Å². The topological polar surface area (TPSA) is 47.0 Å². The molecular formula is C22H21N3OS. The highest BCUT2D eigenvalue weighted by Crippen LogP contribution is 2.32. The third kappa shape index (κ3) is 3.84. The maximum Gasteiger partial charge on any atom is 0.126 e. The van der Waals surface area contributed by atoms with E-state index in [-0.39, 0.29) is 6.04 Å². The number of methoxy groups -OCH3 is 1. The molecule has 4 rings (SSSR count). The van der Waals surface area contributed by atoms with Crippen LogP contribution in [0.15, 0.2) is 66.7 Å². The van der Waals surface area contributed by atoms with E-state index >= 15 is 0 Å². The second kappa shape index (κ2) is 7.86. The predicted molar refractivity (Wildman–Crippen MR) is 111 cm³/mol. The van der Waals surface area contributed by atoms with E-state index in [1.807, 2.05) is 18.2 Å². The first-order chi connectivity index (χ1) is 13.2. The molecule has 5 heteroatoms. The molecular weight excluding hydrogens is 354 g/mol. The average Bonchev–Trinajstić information content (AvgIpc) is 3.20. The summed E-state index contributed by atoms with van der Waals surface area (Å²) in [7, 11) is 1.71. The fraction of sp³-hybridized carbons (Fsp3) is 0.182. The van der Waals surface area contributed by atoms with Gasteiger partial charge >= 0.3 is 0 Å². The van der Waals surface area contributed by atoms with Gasteiger partial charge in [0.05, 0.1) is 18.8 Å². The van der Waals surface area contributed by atoms with E-state index in [0.29, 0.717) is 0 Å². The van der Waals surface area contributed by atoms with E-state index in [1.165, 1.54) is 22.9 Å². The number of hydrogen-bond acceptors (Lipinski definition) is 5. The summed E-state index contributed by atoms with van der Waals surface area (Å²) in [6, 6.07) is 23.2. The fourth-order valence-electron chi connectivity index (χ4n) is 3.17. The van der Waals surface area contributed by atoms with E-state index < -0.39 is 0 Å². The highest BCUT2D eigenvalue weighted by Gasteiger charge is 2.10. The van der Waals surface area contributed by atoms with Crippen molar-refractivity contribution in [3.05, 3.63) is 77.9 Å². The van der Waals surface area contributed by atoms with Gasteiger partial charge in [-0.15, -0.1) is 0 Å². The summed E-state index contributed by atoms with van der Waals surface area (Å²) in [5.41, 5.74) is 6.50. The highest BCUT2D eigenvalue weighted by molar-refractivity contribution is 7.00. The summed E-state index contributed by atoms with van der Waals surface area (Å²) < 4.78 is 14.2. The molecule has 0 aliphatic heterocycles. The molecule has 1 unspecified atom stereocenters. The molecule has 4 aromatic rings. The Bertz CT molecular complexity index is 1050. The molecule has 0 amide bonds. The normalized spacial score (nSPS) is 12.2. The van der Waals surface area contributed by atoms with E-state index in [2.05, 4.69) is 69.5 Å². The lowest BCUT2D eigenvalue weighted by Crippen LogP contribution is -2.18. The van der Waals surface area contributed by atoms with Gasteiger partial charge in [-0.2, -0.15) is 8.75 Å². The second-order valence-electron chi connectivity index (χ2n) is 6.52. The summed E-state index contributed by atoms with van der Waals surface area (Å²) in [5.74, 6) is 0.859. The van der Waals surface area contributed by atoms with Crippen LogP contribution in [0.2, 0.25) is 0 Å². The first-order valence-electron chi connectivity index (χ1n) is 8.92. The fourth-order valence-corrected chi connectivity index (χ4v) is 3.69. The molecule has 0 aliphatic carbocycles. The van der Waals surface area contributed by atoms with Crippen LogP contribution in [-0.4, -0.2) is 15.9 Å². The van der Waals surface area contributed by atoms with Crippen molar-refractivity contribution in [2.24, 2.45) is 0 Å². The Morgan fingerprint density at radius 3 is 2.59 bits per heavy atom. The maximum atomic E-state index is 5.59. The quantitative estimate of drug-likeness (QED) is 0.502. The number of fused-ring (bicyclic) bond motifs is 1. The van der Waals surface area contributed by atoms with E-state index in [4.69, 9.17) is 4.74 Å². The van der Waals surface area contributed by atoms with Gasteiger partial charge in [-0.25, -0.2) is 0 Å². The molecule has 136 valence electrons. The molecule has 1 heterocycles. The summed E-state index contributed by atoms with van der Waals surface area (Å²) in [5, 5.41) is 3.60. The predicted octanol–water partition coefficient (Wildman–Crippen LogP) is 5.22. The zero-order valence-electron chi connectivity index (χ0n) is 15.3. The Morgan fingerprint density at radius 2 is 1.78 bits per heavy atom. The Hall–Kier alpha value is -2.76. The zero-order valence-corrected chi connectivity index (χ0v) is 16.2. The molecule has 1 aromatic heterocycles. The van der Waals surface area contributed by atoms with Gasteiger partial charge in [-0.1, -0.05) is 42.5 Å². The van der Waals surface area contributed by atoms with Crippen molar-refractivity contribution in [1.82, 2.24) is 14.1 Å². The van der Waals surface area contributed by atoms with Crippen LogP contribution in [0.5, 0.6) is 5.75 Å². The molecule has 3 aromatic carbocycles. The van der Waals surface area contributed by atoms with Crippen molar-refractivity contribution < 1.29 is 4.74 Å². The number of benzene rings is 3. The lowest BCUT2D eigenvalue weighted by Gasteiger charge is -2.16. The first kappa shape index (κ1) is 17.6. The molecule has 0 bridgehead atoms. The smallest absolute Gasteiger partial charge is 0.126 e. The number of nitrogens with one attached hydrogen (secondary N) is 1. The Morgan fingerprint density at radius 1 is 0.963 bits per heavy atom. The molecule has 0 aliphatic rings. The van der Waals surface area contributed by atoms with Crippen molar-refractivity contribution in [2.75, 3.05) is 7.11 Å². The molecule has 4 nitrogen and oxygen atoms in total. The number of rotatable bonds is 6. The van der Waals surface area contributed by atoms with Crippen LogP contribution in [0.1, 0.15) is 24.1 Å². The Balaban J connectivity index is 1.59. The van der Waals surface area contributed by atoms with Gasteiger partial charge in [0, 0.05) is 18.2 Å². The highest BCUT2D eigenvalue weighted by atomic mass is 32.1. The van der Waals surface area contributed by atoms with Crippen molar-refractivity contribution in [3.63, 3.8) is 0 Å². The van der Waals surface area contributed by atoms with E-state index in [1.54, 1.807) is 7.11 Å². The number of aromatic nitrogens is 2. The van der Waals surface area contributed by atoms with E-state index in [9.17, 15) is 0 Å². The van der Waals surface area contributed by atoms with Gasteiger partial charge in [-0.3, -0.25) is 0 Å². The Kier molecular flexibility index (Phi) is 5.14. The molecule has 0 fully saturated rings. The summed E-state index contributed by atoms with van der Waals surface area (Å²) in [6.45, 7) is 2.97. The standard InChI is InChI=1S/C22H21N3OS/c1-15(17-6-4-3-5-7-17)23-14-16-8-11-22(26-2)19(12-16)18-9-10-20-21(13-18)25-27-24-20/h3-13,15,23H,14H2,1-2H3. The van der Waals surface area contributed by atoms with Gasteiger partial charge < -0.3 is 10.1 Å². The number of nitrogens with zero attached hydrogens (tertiary/aromatic N) is 2. The number of hydrogen-bond donors (Lipinski definition) is 1. The minimum Gasteiger partial charge on any atom is -0.496 e. The first-order valence-corrected chi connectivity index (χ1v) is 9.65. The third-order valence-corrected chi connectivity index (χ3v) is 5.30. The van der Waals surface area contributed by atoms with Crippen molar-refractivity contribution in [1.29, 1.82) is 0 Å². The summed E-state index contributed by atoms with van der Waals surface area (Å²) in [4.78, 5) is 0. The molecule has 1 N–H and O–H groups in total. The minimum absolute atomic E-state index is 0.286. The maximum absolute atomic E-state index is 5.59. The summed E-state index contributed by atoms with van der Waals surface area (Å²) >= 11 is 1.24. The van der Waals surface area contributed by atoms with Gasteiger partial charge in [0.1, 0.15) is 16.8 Å². The lowest BCUT2D eigenvalue weighted by atomic mass is 10.0. The van der Waals surface area contributed by atoms with Crippen LogP contribution < -0.4 is 10.1 Å². The zero-order chi connectivity index (χ0) is 18.6. The van der Waals surface area contributed by atoms with Crippen LogP contribution in [0.25, 0.3) is 22.2 Å². The third-order valence-electron chi connectivity index (χ3n) is 4.74. The molecule has 1 atom stereocenters. The SMILES string of the molecule is COc1ccc(CNC(C)c2ccccc2)cc1-c1ccc2nsnc2c1.